The van der Waals surface area contributed by atoms with Crippen LogP contribution in [0.5, 0.6) is 0 Å². The van der Waals surface area contributed by atoms with Crippen LogP contribution in [0.3, 0.4) is 0 Å². The third-order valence-electron chi connectivity index (χ3n) is 2.22. The second-order valence-corrected chi connectivity index (χ2v) is 3.68. The molecule has 7 nitrogen and oxygen atoms in total. The lowest BCUT2D eigenvalue weighted by molar-refractivity contribution is -0.496. The van der Waals surface area contributed by atoms with Crippen LogP contribution in [0.4, 0.5) is 4.39 Å². The maximum atomic E-state index is 13.0. The van der Waals surface area contributed by atoms with Gasteiger partial charge in [0.15, 0.2) is 6.10 Å². The molecule has 1 N–H and O–H groups in total. The van der Waals surface area contributed by atoms with Gasteiger partial charge in [-0.3, -0.25) is 10.1 Å². The summed E-state index contributed by atoms with van der Waals surface area (Å²) in [5.41, 5.74) is -0.404. The molecule has 0 heterocycles. The maximum absolute atomic E-state index is 13.0. The number of carboxylic acid groups (broad SMARTS) is 1. The molecule has 1 aromatic carbocycles. The van der Waals surface area contributed by atoms with Gasteiger partial charge in [0.05, 0.1) is 5.56 Å². The number of halogens is 1. The quantitative estimate of drug-likeness (QED) is 0.490. The Bertz CT molecular complexity index is 530. The summed E-state index contributed by atoms with van der Waals surface area (Å²) >= 11 is 0. The Morgan fingerprint density at radius 2 is 2.16 bits per heavy atom. The predicted octanol–water partition coefficient (Wildman–Crippen LogP) is 1.23. The van der Waals surface area contributed by atoms with Gasteiger partial charge in [-0.25, -0.2) is 14.0 Å². The van der Waals surface area contributed by atoms with Crippen molar-refractivity contribution in [3.63, 3.8) is 0 Å². The van der Waals surface area contributed by atoms with Crippen LogP contribution in [0, 0.1) is 15.9 Å². The number of carboxylic acids is 1. The van der Waals surface area contributed by atoms with Gasteiger partial charge >= 0.3 is 11.9 Å². The third kappa shape index (κ3) is 4.02. The Kier molecular flexibility index (Phi) is 4.51. The fraction of sp³-hybridized carbons (Fsp3) is 0.273. The highest BCUT2D eigenvalue weighted by atomic mass is 19.1. The van der Waals surface area contributed by atoms with Crippen LogP contribution in [0.1, 0.15) is 22.8 Å². The zero-order chi connectivity index (χ0) is 14.6. The molecule has 0 amide bonds. The van der Waals surface area contributed by atoms with Gasteiger partial charge in [-0.15, -0.1) is 0 Å². The first-order valence-corrected chi connectivity index (χ1v) is 5.15. The van der Waals surface area contributed by atoms with E-state index in [2.05, 4.69) is 4.74 Å². The number of nitrogens with zero attached hydrogens (tertiary/aromatic N) is 1. The molecule has 0 aliphatic heterocycles. The van der Waals surface area contributed by atoms with Gasteiger partial charge in [-0.05, 0) is 25.1 Å². The molecular weight excluding hydrogens is 261 g/mol. The Morgan fingerprint density at radius 3 is 2.68 bits per heavy atom. The highest BCUT2D eigenvalue weighted by molar-refractivity contribution is 5.92. The molecule has 1 unspecified atom stereocenters. The summed E-state index contributed by atoms with van der Waals surface area (Å²) in [7, 11) is 0. The largest absolute Gasteiger partial charge is 0.479 e. The Balaban J connectivity index is 3.03. The van der Waals surface area contributed by atoms with Crippen LogP contribution in [0.2, 0.25) is 0 Å². The highest BCUT2D eigenvalue weighted by Crippen LogP contribution is 2.15. The minimum Gasteiger partial charge on any atom is -0.479 e. The van der Waals surface area contributed by atoms with E-state index in [9.17, 15) is 24.1 Å². The molecule has 0 fully saturated rings. The van der Waals surface area contributed by atoms with Crippen molar-refractivity contribution in [1.29, 1.82) is 0 Å². The number of rotatable bonds is 5. The van der Waals surface area contributed by atoms with E-state index in [0.29, 0.717) is 0 Å². The van der Waals surface area contributed by atoms with E-state index in [0.717, 1.165) is 25.1 Å². The third-order valence-corrected chi connectivity index (χ3v) is 2.22. The van der Waals surface area contributed by atoms with Gasteiger partial charge in [-0.1, -0.05) is 0 Å². The normalized spacial score (nSPS) is 11.7. The number of hydrogen-bond donors (Lipinski definition) is 1. The molecule has 1 aromatic rings. The molecule has 0 spiro atoms. The van der Waals surface area contributed by atoms with E-state index in [-0.39, 0.29) is 11.1 Å². The minimum absolute atomic E-state index is 0.0472. The Labute approximate surface area is 106 Å². The maximum Gasteiger partial charge on any atom is 0.344 e. The average Bonchev–Trinajstić information content (AvgIpc) is 2.30. The van der Waals surface area contributed by atoms with E-state index in [1.165, 1.54) is 0 Å². The number of aliphatic carboxylic acids is 1. The van der Waals surface area contributed by atoms with E-state index >= 15 is 0 Å². The topological polar surface area (TPSA) is 107 Å². The monoisotopic (exact) mass is 271 g/mol. The van der Waals surface area contributed by atoms with Crippen LogP contribution in [0.15, 0.2) is 18.2 Å². The van der Waals surface area contributed by atoms with Crippen LogP contribution in [-0.4, -0.2) is 28.1 Å². The fourth-order valence-electron chi connectivity index (χ4n) is 1.29. The lowest BCUT2D eigenvalue weighted by Crippen LogP contribution is -2.24. The number of carbonyl (C=O) groups is 2. The molecular formula is C11H10FNO6. The number of carbonyl (C=O) groups excluding carboxylic acids is 1. The molecule has 0 bridgehead atoms. The van der Waals surface area contributed by atoms with Crippen molar-refractivity contribution < 1.29 is 28.7 Å². The standard InChI is InChI=1S/C11H10FNO6/c1-6(10(14)15)19-11(16)9-4-8(12)3-2-7(9)5-13(17)18/h2-4,6H,5H2,1H3,(H,14,15). The first-order valence-electron chi connectivity index (χ1n) is 5.15. The van der Waals surface area contributed by atoms with Crippen molar-refractivity contribution in [2.24, 2.45) is 0 Å². The van der Waals surface area contributed by atoms with Crippen LogP contribution >= 0.6 is 0 Å². The Hall–Kier alpha value is -2.51. The van der Waals surface area contributed by atoms with E-state index in [1.54, 1.807) is 0 Å². The molecule has 102 valence electrons. The first kappa shape index (κ1) is 14.6. The van der Waals surface area contributed by atoms with Crippen molar-refractivity contribution in [2.45, 2.75) is 19.6 Å². The summed E-state index contributed by atoms with van der Waals surface area (Å²) in [4.78, 5) is 31.9. The summed E-state index contributed by atoms with van der Waals surface area (Å²) in [5, 5.41) is 19.0. The van der Waals surface area contributed by atoms with Gasteiger partial charge in [-0.2, -0.15) is 0 Å². The molecule has 0 aromatic heterocycles. The van der Waals surface area contributed by atoms with Crippen LogP contribution < -0.4 is 0 Å². The molecule has 0 aliphatic rings. The molecule has 8 heteroatoms. The summed E-state index contributed by atoms with van der Waals surface area (Å²) in [5.74, 6) is -3.27. The molecule has 0 saturated heterocycles. The van der Waals surface area contributed by atoms with E-state index in [1.807, 2.05) is 0 Å². The van der Waals surface area contributed by atoms with Gasteiger partial charge in [0.25, 0.3) is 0 Å². The summed E-state index contributed by atoms with van der Waals surface area (Å²) in [6.45, 7) is 0.429. The van der Waals surface area contributed by atoms with Crippen LogP contribution in [0.25, 0.3) is 0 Å². The summed E-state index contributed by atoms with van der Waals surface area (Å²) < 4.78 is 17.6. The molecule has 0 radical (unpaired) electrons. The molecule has 0 aliphatic carbocycles. The lowest BCUT2D eigenvalue weighted by Gasteiger charge is -2.10. The van der Waals surface area contributed by atoms with Gasteiger partial charge in [0.1, 0.15) is 5.82 Å². The lowest BCUT2D eigenvalue weighted by atomic mass is 10.1. The van der Waals surface area contributed by atoms with Crippen molar-refractivity contribution in [1.82, 2.24) is 0 Å². The molecule has 0 saturated carbocycles. The van der Waals surface area contributed by atoms with Crippen molar-refractivity contribution >= 4 is 11.9 Å². The smallest absolute Gasteiger partial charge is 0.344 e. The number of benzene rings is 1. The van der Waals surface area contributed by atoms with Gasteiger partial charge in [0.2, 0.25) is 6.54 Å². The molecule has 19 heavy (non-hydrogen) atoms. The average molecular weight is 271 g/mol. The first-order chi connectivity index (χ1) is 8.81. The highest BCUT2D eigenvalue weighted by Gasteiger charge is 2.22. The zero-order valence-corrected chi connectivity index (χ0v) is 9.83. The fourth-order valence-corrected chi connectivity index (χ4v) is 1.29. The second kappa shape index (κ2) is 5.89. The van der Waals surface area contributed by atoms with Crippen molar-refractivity contribution in [3.05, 3.63) is 45.3 Å². The van der Waals surface area contributed by atoms with Gasteiger partial charge < -0.3 is 9.84 Å². The van der Waals surface area contributed by atoms with E-state index < -0.39 is 35.3 Å². The van der Waals surface area contributed by atoms with Crippen molar-refractivity contribution in [3.8, 4) is 0 Å². The minimum atomic E-state index is -1.43. The SMILES string of the molecule is CC(OC(=O)c1cc(F)ccc1C[N+](=O)[O-])C(=O)O. The Morgan fingerprint density at radius 1 is 1.53 bits per heavy atom. The number of hydrogen-bond acceptors (Lipinski definition) is 5. The molecule has 1 rings (SSSR count). The van der Waals surface area contributed by atoms with E-state index in [4.69, 9.17) is 5.11 Å². The second-order valence-electron chi connectivity index (χ2n) is 3.68. The predicted molar refractivity (Wildman–Crippen MR) is 59.6 cm³/mol. The number of esters is 1. The van der Waals surface area contributed by atoms with Crippen molar-refractivity contribution in [2.75, 3.05) is 0 Å². The molecule has 1 atom stereocenters. The van der Waals surface area contributed by atoms with Gasteiger partial charge in [0, 0.05) is 10.5 Å². The summed E-state index contributed by atoms with van der Waals surface area (Å²) in [6.07, 6.45) is -1.43. The number of nitro groups is 1. The summed E-state index contributed by atoms with van der Waals surface area (Å²) in [6, 6.07) is 2.83. The number of ether oxygens (including phenoxy) is 1. The zero-order valence-electron chi connectivity index (χ0n) is 9.83. The van der Waals surface area contributed by atoms with Crippen LogP contribution in [-0.2, 0) is 16.1 Å².